The van der Waals surface area contributed by atoms with Crippen molar-refractivity contribution in [1.82, 2.24) is 21.0 Å². The first-order valence-electron chi connectivity index (χ1n) is 10.5. The number of hydroxylamine groups is 1. The highest BCUT2D eigenvalue weighted by Gasteiger charge is 2.25. The van der Waals surface area contributed by atoms with Crippen LogP contribution in [-0.4, -0.2) is 65.4 Å². The van der Waals surface area contributed by atoms with Gasteiger partial charge in [-0.1, -0.05) is 24.0 Å². The summed E-state index contributed by atoms with van der Waals surface area (Å²) >= 11 is 0. The van der Waals surface area contributed by atoms with Crippen LogP contribution in [0.3, 0.4) is 0 Å². The molecule has 2 aromatic carbocycles. The minimum atomic E-state index is -1.26. The molecule has 0 bridgehead atoms. The van der Waals surface area contributed by atoms with Gasteiger partial charge in [0.1, 0.15) is 6.04 Å². The molecule has 3 rings (SSSR count). The molecule has 1 saturated heterocycles. The van der Waals surface area contributed by atoms with Crippen LogP contribution in [0.1, 0.15) is 34.0 Å². The summed E-state index contributed by atoms with van der Waals surface area (Å²) in [7, 11) is 0. The molecule has 2 unspecified atom stereocenters. The number of carbonyl (C=O) groups excluding carboxylic acids is 2. The van der Waals surface area contributed by atoms with Crippen molar-refractivity contribution in [2.75, 3.05) is 26.2 Å². The Morgan fingerprint density at radius 1 is 1.03 bits per heavy atom. The Morgan fingerprint density at radius 3 is 2.12 bits per heavy atom. The highest BCUT2D eigenvalue weighted by molar-refractivity contribution is 5.97. The lowest BCUT2D eigenvalue weighted by Gasteiger charge is -2.27. The van der Waals surface area contributed by atoms with Gasteiger partial charge in [0.15, 0.2) is 0 Å². The minimum absolute atomic E-state index is 0.309. The molecule has 0 spiro atoms. The molecule has 8 heteroatoms. The molecular weight excluding hydrogens is 408 g/mol. The summed E-state index contributed by atoms with van der Waals surface area (Å²) in [5.74, 6) is 4.76. The van der Waals surface area contributed by atoms with E-state index in [1.54, 1.807) is 24.3 Å². The van der Waals surface area contributed by atoms with Gasteiger partial charge in [-0.2, -0.15) is 0 Å². The molecule has 1 aliphatic heterocycles. The van der Waals surface area contributed by atoms with E-state index in [4.69, 9.17) is 5.21 Å². The summed E-state index contributed by atoms with van der Waals surface area (Å²) in [6.45, 7) is 6.46. The fraction of sp³-hybridized carbons (Fsp3) is 0.333. The van der Waals surface area contributed by atoms with Gasteiger partial charge in [-0.3, -0.25) is 19.7 Å². The Balaban J connectivity index is 1.58. The molecule has 5 N–H and O–H groups in total. The number of hydrogen-bond donors (Lipinski definition) is 5. The van der Waals surface area contributed by atoms with E-state index in [1.807, 2.05) is 12.1 Å². The van der Waals surface area contributed by atoms with Crippen LogP contribution in [0.15, 0.2) is 48.5 Å². The first-order chi connectivity index (χ1) is 15.5. The zero-order valence-corrected chi connectivity index (χ0v) is 18.0. The van der Waals surface area contributed by atoms with Gasteiger partial charge in [-0.05, 0) is 48.9 Å². The van der Waals surface area contributed by atoms with E-state index in [1.165, 1.54) is 18.0 Å². The lowest BCUT2D eigenvalue weighted by Crippen LogP contribution is -2.51. The number of piperazine rings is 1. The molecule has 2 amide bonds. The molecule has 2 aromatic rings. The van der Waals surface area contributed by atoms with Gasteiger partial charge < -0.3 is 15.7 Å². The highest BCUT2D eigenvalue weighted by atomic mass is 16.5. The van der Waals surface area contributed by atoms with Crippen molar-refractivity contribution in [2.24, 2.45) is 0 Å². The van der Waals surface area contributed by atoms with E-state index >= 15 is 0 Å². The Labute approximate surface area is 187 Å². The molecule has 2 atom stereocenters. The maximum Gasteiger partial charge on any atom is 0.268 e. The van der Waals surface area contributed by atoms with Crippen molar-refractivity contribution in [1.29, 1.82) is 0 Å². The number of nitrogens with zero attached hydrogens (tertiary/aromatic N) is 1. The number of hydrogen-bond acceptors (Lipinski definition) is 6. The molecule has 168 valence electrons. The van der Waals surface area contributed by atoms with Crippen LogP contribution in [0.5, 0.6) is 0 Å². The fourth-order valence-electron chi connectivity index (χ4n) is 3.37. The first kappa shape index (κ1) is 23.4. The Hall–Kier alpha value is -3.22. The van der Waals surface area contributed by atoms with E-state index < -0.39 is 24.0 Å². The van der Waals surface area contributed by atoms with E-state index in [0.29, 0.717) is 5.56 Å². The summed E-state index contributed by atoms with van der Waals surface area (Å²) in [6.07, 6.45) is -1.17. The summed E-state index contributed by atoms with van der Waals surface area (Å²) in [5.41, 5.74) is 4.65. The van der Waals surface area contributed by atoms with Crippen LogP contribution in [0, 0.1) is 11.8 Å². The van der Waals surface area contributed by atoms with Crippen molar-refractivity contribution in [3.8, 4) is 11.8 Å². The fourth-order valence-corrected chi connectivity index (χ4v) is 3.37. The van der Waals surface area contributed by atoms with Gasteiger partial charge in [0.25, 0.3) is 11.8 Å². The van der Waals surface area contributed by atoms with Crippen LogP contribution in [0.4, 0.5) is 0 Å². The van der Waals surface area contributed by atoms with E-state index in [0.717, 1.165) is 43.9 Å². The van der Waals surface area contributed by atoms with Gasteiger partial charge in [0.05, 0.1) is 6.10 Å². The predicted molar refractivity (Wildman–Crippen MR) is 120 cm³/mol. The van der Waals surface area contributed by atoms with Crippen LogP contribution >= 0.6 is 0 Å². The molecule has 0 saturated carbocycles. The third-order valence-electron chi connectivity index (χ3n) is 5.23. The second-order valence-electron chi connectivity index (χ2n) is 7.72. The van der Waals surface area contributed by atoms with Gasteiger partial charge in [0.2, 0.25) is 0 Å². The third-order valence-corrected chi connectivity index (χ3v) is 5.23. The lowest BCUT2D eigenvalue weighted by molar-refractivity contribution is -0.133. The normalized spacial score (nSPS) is 15.7. The Morgan fingerprint density at radius 2 is 1.59 bits per heavy atom. The van der Waals surface area contributed by atoms with E-state index in [-0.39, 0.29) is 0 Å². The van der Waals surface area contributed by atoms with Crippen LogP contribution in [0.25, 0.3) is 0 Å². The zero-order valence-electron chi connectivity index (χ0n) is 18.0. The van der Waals surface area contributed by atoms with Gasteiger partial charge in [-0.15, -0.1) is 0 Å². The molecule has 1 aliphatic rings. The molecule has 1 fully saturated rings. The first-order valence-corrected chi connectivity index (χ1v) is 10.5. The second-order valence-corrected chi connectivity index (χ2v) is 7.72. The average Bonchev–Trinajstić information content (AvgIpc) is 2.82. The quantitative estimate of drug-likeness (QED) is 0.256. The van der Waals surface area contributed by atoms with Crippen molar-refractivity contribution in [3.05, 3.63) is 70.8 Å². The topological polar surface area (TPSA) is 114 Å². The average molecular weight is 437 g/mol. The zero-order chi connectivity index (χ0) is 22.9. The summed E-state index contributed by atoms with van der Waals surface area (Å²) in [5, 5.41) is 24.1. The standard InChI is InChI=1S/C24H28N4O4/c1-17(29)22(24(31)27-32)26-23(30)21-10-8-19(9-11-21)3-2-18-4-6-20(7-5-18)16-28-14-12-25-13-15-28/h4-11,17,22,25,29,32H,12-16H2,1H3,(H,26,30)(H,27,31). The Kier molecular flexibility index (Phi) is 8.36. The molecule has 0 aliphatic carbocycles. The smallest absolute Gasteiger partial charge is 0.268 e. The number of carbonyl (C=O) groups is 2. The number of rotatable bonds is 6. The molecule has 8 nitrogen and oxygen atoms in total. The van der Waals surface area contributed by atoms with Gasteiger partial charge in [0, 0.05) is 49.4 Å². The van der Waals surface area contributed by atoms with Crippen LogP contribution < -0.4 is 16.1 Å². The van der Waals surface area contributed by atoms with Crippen molar-refractivity contribution in [3.63, 3.8) is 0 Å². The van der Waals surface area contributed by atoms with Gasteiger partial charge >= 0.3 is 0 Å². The highest BCUT2D eigenvalue weighted by Crippen LogP contribution is 2.09. The van der Waals surface area contributed by atoms with Crippen LogP contribution in [0.2, 0.25) is 0 Å². The number of aliphatic hydroxyl groups is 1. The number of amides is 2. The Bertz CT molecular complexity index is 972. The predicted octanol–water partition coefficient (Wildman–Crippen LogP) is 0.476. The summed E-state index contributed by atoms with van der Waals surface area (Å²) < 4.78 is 0. The molecule has 0 radical (unpaired) electrons. The van der Waals surface area contributed by atoms with Gasteiger partial charge in [-0.25, -0.2) is 5.48 Å². The maximum atomic E-state index is 12.3. The van der Waals surface area contributed by atoms with Crippen molar-refractivity contribution in [2.45, 2.75) is 25.6 Å². The lowest BCUT2D eigenvalue weighted by atomic mass is 10.1. The largest absolute Gasteiger partial charge is 0.391 e. The maximum absolute atomic E-state index is 12.3. The van der Waals surface area contributed by atoms with Crippen molar-refractivity contribution < 1.29 is 19.9 Å². The monoisotopic (exact) mass is 436 g/mol. The van der Waals surface area contributed by atoms with E-state index in [9.17, 15) is 14.7 Å². The molecule has 32 heavy (non-hydrogen) atoms. The van der Waals surface area contributed by atoms with Crippen LogP contribution in [-0.2, 0) is 11.3 Å². The molecule has 1 heterocycles. The summed E-state index contributed by atoms with van der Waals surface area (Å²) in [4.78, 5) is 26.3. The van der Waals surface area contributed by atoms with Crippen molar-refractivity contribution >= 4 is 11.8 Å². The second kappa shape index (κ2) is 11.4. The minimum Gasteiger partial charge on any atom is -0.391 e. The number of nitrogens with one attached hydrogen (secondary N) is 3. The van der Waals surface area contributed by atoms with E-state index in [2.05, 4.69) is 39.5 Å². The molecule has 0 aromatic heterocycles. The number of benzene rings is 2. The summed E-state index contributed by atoms with van der Waals surface area (Å²) in [6, 6.07) is 13.6. The molecular formula is C24H28N4O4. The SMILES string of the molecule is CC(O)C(NC(=O)c1ccc(C#Cc2ccc(CN3CCNCC3)cc2)cc1)C(=O)NO. The number of aliphatic hydroxyl groups excluding tert-OH is 1. The third kappa shape index (κ3) is 6.64.